The Balaban J connectivity index is 2.09. The van der Waals surface area contributed by atoms with Crippen LogP contribution in [0.15, 0.2) is 24.3 Å². The van der Waals surface area contributed by atoms with Crippen molar-refractivity contribution in [2.45, 2.75) is 25.3 Å². The molecule has 0 saturated carbocycles. The van der Waals surface area contributed by atoms with Gasteiger partial charge < -0.3 is 15.4 Å². The fourth-order valence-electron chi connectivity index (χ4n) is 2.61. The van der Waals surface area contributed by atoms with Crippen molar-refractivity contribution in [1.82, 2.24) is 4.90 Å². The molecule has 18 heavy (non-hydrogen) atoms. The van der Waals surface area contributed by atoms with Crippen molar-refractivity contribution in [3.05, 3.63) is 29.8 Å². The molecule has 0 radical (unpaired) electrons. The Morgan fingerprint density at radius 2 is 2.11 bits per heavy atom. The first-order valence-corrected chi connectivity index (χ1v) is 6.29. The van der Waals surface area contributed by atoms with Gasteiger partial charge in [0.2, 0.25) is 5.91 Å². The quantitative estimate of drug-likeness (QED) is 0.878. The van der Waals surface area contributed by atoms with E-state index in [1.165, 1.54) is 5.56 Å². The fourth-order valence-corrected chi connectivity index (χ4v) is 2.61. The van der Waals surface area contributed by atoms with Crippen LogP contribution >= 0.6 is 0 Å². The number of nitrogens with two attached hydrogens (primary N) is 1. The molecule has 1 aliphatic heterocycles. The van der Waals surface area contributed by atoms with Crippen molar-refractivity contribution in [1.29, 1.82) is 0 Å². The normalized spacial score (nSPS) is 23.2. The number of nitrogens with zero attached hydrogens (tertiary/aromatic N) is 1. The lowest BCUT2D eigenvalue weighted by Gasteiger charge is -2.20. The van der Waals surface area contributed by atoms with Crippen molar-refractivity contribution in [3.8, 4) is 5.75 Å². The molecule has 0 bridgehead atoms. The molecular formula is C14H20N2O2. The lowest BCUT2D eigenvalue weighted by Crippen LogP contribution is -2.38. The second kappa shape index (κ2) is 5.40. The zero-order valence-electron chi connectivity index (χ0n) is 10.9. The van der Waals surface area contributed by atoms with Crippen molar-refractivity contribution >= 4 is 5.91 Å². The maximum absolute atomic E-state index is 11.7. The number of amides is 1. The first kappa shape index (κ1) is 12.9. The number of ether oxygens (including phenoxy) is 1. The van der Waals surface area contributed by atoms with E-state index in [1.807, 2.05) is 17.0 Å². The van der Waals surface area contributed by atoms with Crippen LogP contribution in [0.4, 0.5) is 0 Å². The van der Waals surface area contributed by atoms with E-state index >= 15 is 0 Å². The molecule has 0 aliphatic carbocycles. The van der Waals surface area contributed by atoms with E-state index in [9.17, 15) is 4.79 Å². The average Bonchev–Trinajstić information content (AvgIpc) is 2.80. The first-order valence-electron chi connectivity index (χ1n) is 6.29. The number of carbonyl (C=O) groups is 1. The van der Waals surface area contributed by atoms with Gasteiger partial charge in [-0.2, -0.15) is 0 Å². The molecule has 2 rings (SSSR count). The standard InChI is InChI=1S/C14H20N2O2/c1-10-7-12(9-16(10)14(17)8-15)11-3-5-13(18-2)6-4-11/h3-6,10,12H,7-9,15H2,1-2H3/t10-,12+/m1/s1. The Morgan fingerprint density at radius 3 is 2.67 bits per heavy atom. The summed E-state index contributed by atoms with van der Waals surface area (Å²) in [4.78, 5) is 13.6. The van der Waals surface area contributed by atoms with E-state index in [1.54, 1.807) is 7.11 Å². The highest BCUT2D eigenvalue weighted by molar-refractivity contribution is 5.78. The average molecular weight is 248 g/mol. The molecule has 2 atom stereocenters. The van der Waals surface area contributed by atoms with Crippen LogP contribution in [-0.2, 0) is 4.79 Å². The van der Waals surface area contributed by atoms with Crippen LogP contribution < -0.4 is 10.5 Å². The highest BCUT2D eigenvalue weighted by Crippen LogP contribution is 2.32. The summed E-state index contributed by atoms with van der Waals surface area (Å²) in [6.45, 7) is 2.94. The number of rotatable bonds is 3. The van der Waals surface area contributed by atoms with E-state index in [4.69, 9.17) is 10.5 Å². The van der Waals surface area contributed by atoms with Gasteiger partial charge in [0.25, 0.3) is 0 Å². The molecule has 1 heterocycles. The van der Waals surface area contributed by atoms with Gasteiger partial charge in [-0.05, 0) is 31.0 Å². The topological polar surface area (TPSA) is 55.6 Å². The van der Waals surface area contributed by atoms with Crippen LogP contribution in [0.2, 0.25) is 0 Å². The summed E-state index contributed by atoms with van der Waals surface area (Å²) in [6, 6.07) is 8.35. The smallest absolute Gasteiger partial charge is 0.236 e. The molecule has 1 aromatic rings. The third kappa shape index (κ3) is 2.48. The van der Waals surface area contributed by atoms with Gasteiger partial charge in [-0.25, -0.2) is 0 Å². The van der Waals surface area contributed by atoms with Crippen LogP contribution in [0.1, 0.15) is 24.8 Å². The fraction of sp³-hybridized carbons (Fsp3) is 0.500. The van der Waals surface area contributed by atoms with Gasteiger partial charge in [-0.15, -0.1) is 0 Å². The van der Waals surface area contributed by atoms with Crippen molar-refractivity contribution < 1.29 is 9.53 Å². The predicted octanol–water partition coefficient (Wildman–Crippen LogP) is 1.36. The Labute approximate surface area is 108 Å². The van der Waals surface area contributed by atoms with Gasteiger partial charge in [0.1, 0.15) is 5.75 Å². The minimum atomic E-state index is 0.0403. The van der Waals surface area contributed by atoms with Gasteiger partial charge in [0, 0.05) is 18.5 Å². The molecule has 1 aromatic carbocycles. The number of hydrogen-bond acceptors (Lipinski definition) is 3. The molecule has 4 nitrogen and oxygen atoms in total. The summed E-state index contributed by atoms with van der Waals surface area (Å²) in [5.41, 5.74) is 6.69. The molecule has 1 amide bonds. The van der Waals surface area contributed by atoms with E-state index in [-0.39, 0.29) is 18.5 Å². The Bertz CT molecular complexity index is 416. The molecule has 0 unspecified atom stereocenters. The lowest BCUT2D eigenvalue weighted by atomic mass is 9.97. The highest BCUT2D eigenvalue weighted by atomic mass is 16.5. The predicted molar refractivity (Wildman–Crippen MR) is 70.6 cm³/mol. The van der Waals surface area contributed by atoms with E-state index in [0.717, 1.165) is 18.7 Å². The minimum Gasteiger partial charge on any atom is -0.497 e. The van der Waals surface area contributed by atoms with Crippen molar-refractivity contribution in [2.75, 3.05) is 20.2 Å². The van der Waals surface area contributed by atoms with Gasteiger partial charge in [0.05, 0.1) is 13.7 Å². The maximum atomic E-state index is 11.7. The summed E-state index contributed by atoms with van der Waals surface area (Å²) in [6.07, 6.45) is 0.998. The summed E-state index contributed by atoms with van der Waals surface area (Å²) >= 11 is 0. The molecule has 0 aromatic heterocycles. The highest BCUT2D eigenvalue weighted by Gasteiger charge is 2.32. The third-order valence-electron chi connectivity index (χ3n) is 3.66. The molecule has 1 fully saturated rings. The zero-order valence-corrected chi connectivity index (χ0v) is 10.9. The summed E-state index contributed by atoms with van der Waals surface area (Å²) in [5.74, 6) is 1.31. The largest absolute Gasteiger partial charge is 0.497 e. The molecule has 2 N–H and O–H groups in total. The summed E-state index contributed by atoms with van der Waals surface area (Å²) in [7, 11) is 1.66. The van der Waals surface area contributed by atoms with Gasteiger partial charge in [-0.3, -0.25) is 4.79 Å². The molecule has 4 heteroatoms. The molecule has 1 aliphatic rings. The second-order valence-corrected chi connectivity index (χ2v) is 4.81. The Morgan fingerprint density at radius 1 is 1.44 bits per heavy atom. The van der Waals surface area contributed by atoms with Crippen molar-refractivity contribution in [3.63, 3.8) is 0 Å². The second-order valence-electron chi connectivity index (χ2n) is 4.81. The van der Waals surface area contributed by atoms with Crippen LogP contribution in [0, 0.1) is 0 Å². The SMILES string of the molecule is COc1ccc([C@H]2C[C@@H](C)N(C(=O)CN)C2)cc1. The number of likely N-dealkylation sites (tertiary alicyclic amines) is 1. The van der Waals surface area contributed by atoms with E-state index in [2.05, 4.69) is 19.1 Å². The van der Waals surface area contributed by atoms with E-state index < -0.39 is 0 Å². The van der Waals surface area contributed by atoms with Gasteiger partial charge in [0.15, 0.2) is 0 Å². The van der Waals surface area contributed by atoms with Crippen LogP contribution in [0.3, 0.4) is 0 Å². The number of benzene rings is 1. The van der Waals surface area contributed by atoms with Crippen molar-refractivity contribution in [2.24, 2.45) is 5.73 Å². The maximum Gasteiger partial charge on any atom is 0.236 e. The monoisotopic (exact) mass is 248 g/mol. The third-order valence-corrected chi connectivity index (χ3v) is 3.66. The molecule has 0 spiro atoms. The summed E-state index contributed by atoms with van der Waals surface area (Å²) in [5, 5.41) is 0. The first-order chi connectivity index (χ1) is 8.65. The van der Waals surface area contributed by atoms with Crippen LogP contribution in [-0.4, -0.2) is 37.0 Å². The van der Waals surface area contributed by atoms with E-state index in [0.29, 0.717) is 5.92 Å². The van der Waals surface area contributed by atoms with Crippen LogP contribution in [0.5, 0.6) is 5.75 Å². The Hall–Kier alpha value is -1.55. The lowest BCUT2D eigenvalue weighted by molar-refractivity contribution is -0.130. The number of carbonyl (C=O) groups excluding carboxylic acids is 1. The number of methoxy groups -OCH3 is 1. The molecular weight excluding hydrogens is 228 g/mol. The van der Waals surface area contributed by atoms with Gasteiger partial charge >= 0.3 is 0 Å². The minimum absolute atomic E-state index is 0.0403. The van der Waals surface area contributed by atoms with Gasteiger partial charge in [-0.1, -0.05) is 12.1 Å². The summed E-state index contributed by atoms with van der Waals surface area (Å²) < 4.78 is 5.15. The molecule has 98 valence electrons. The molecule has 1 saturated heterocycles. The zero-order chi connectivity index (χ0) is 13.1. The Kier molecular flexibility index (Phi) is 3.87. The van der Waals surface area contributed by atoms with Crippen LogP contribution in [0.25, 0.3) is 0 Å². The number of hydrogen-bond donors (Lipinski definition) is 1.